The Kier molecular flexibility index (Phi) is 13.4. The number of benzene rings is 3. The maximum absolute atomic E-state index is 14.0. The minimum Gasteiger partial charge on any atom is -0.494 e. The third-order valence-electron chi connectivity index (χ3n) is 7.21. The number of hydrogen-bond acceptors (Lipinski definition) is 2. The molecule has 0 heterocycles. The average molecular weight is 555 g/mol. The third-order valence-corrected chi connectivity index (χ3v) is 7.21. The molecule has 3 aromatic carbocycles. The van der Waals surface area contributed by atoms with Crippen LogP contribution in [0.2, 0.25) is 0 Å². The standard InChI is InChI=1S/C35H45F3O2/c1-3-5-7-9-11-15-25-39-30-22-19-28(20-23-30)31-17-13-14-18-32(31)29-21-24-34(33(27-29)35(36,37)38)40-26-16-12-10-8-6-4-2/h13-14,17-24,27H,3-12,15-16,25-26H2,1-2H3. The van der Waals surface area contributed by atoms with E-state index in [0.717, 1.165) is 54.5 Å². The van der Waals surface area contributed by atoms with Gasteiger partial charge in [-0.3, -0.25) is 0 Å². The van der Waals surface area contributed by atoms with Crippen molar-refractivity contribution in [2.24, 2.45) is 0 Å². The van der Waals surface area contributed by atoms with Gasteiger partial charge in [0.1, 0.15) is 11.5 Å². The van der Waals surface area contributed by atoms with E-state index in [1.807, 2.05) is 48.5 Å². The highest BCUT2D eigenvalue weighted by Crippen LogP contribution is 2.41. The molecule has 0 fully saturated rings. The second-order valence-electron chi connectivity index (χ2n) is 10.5. The molecular formula is C35H45F3O2. The van der Waals surface area contributed by atoms with E-state index in [4.69, 9.17) is 9.47 Å². The van der Waals surface area contributed by atoms with Crippen molar-refractivity contribution in [1.82, 2.24) is 0 Å². The summed E-state index contributed by atoms with van der Waals surface area (Å²) < 4.78 is 53.6. The van der Waals surface area contributed by atoms with Gasteiger partial charge in [0.15, 0.2) is 0 Å². The second-order valence-corrected chi connectivity index (χ2v) is 10.5. The van der Waals surface area contributed by atoms with E-state index in [2.05, 4.69) is 13.8 Å². The number of rotatable bonds is 18. The van der Waals surface area contributed by atoms with Crippen LogP contribution in [0.15, 0.2) is 66.7 Å². The molecule has 0 unspecified atom stereocenters. The zero-order valence-electron chi connectivity index (χ0n) is 24.2. The first-order valence-electron chi connectivity index (χ1n) is 15.1. The van der Waals surface area contributed by atoms with Crippen molar-refractivity contribution in [3.05, 3.63) is 72.3 Å². The molecule has 0 saturated carbocycles. The predicted molar refractivity (Wildman–Crippen MR) is 160 cm³/mol. The monoisotopic (exact) mass is 554 g/mol. The molecule has 40 heavy (non-hydrogen) atoms. The summed E-state index contributed by atoms with van der Waals surface area (Å²) in [5, 5.41) is 0. The molecule has 0 spiro atoms. The van der Waals surface area contributed by atoms with E-state index >= 15 is 0 Å². The zero-order chi connectivity index (χ0) is 28.6. The molecule has 0 saturated heterocycles. The lowest BCUT2D eigenvalue weighted by Crippen LogP contribution is -2.10. The molecule has 5 heteroatoms. The van der Waals surface area contributed by atoms with Gasteiger partial charge in [0, 0.05) is 0 Å². The number of ether oxygens (including phenoxy) is 2. The van der Waals surface area contributed by atoms with Gasteiger partial charge in [-0.05, 0) is 59.4 Å². The van der Waals surface area contributed by atoms with Gasteiger partial charge >= 0.3 is 6.18 Å². The van der Waals surface area contributed by atoms with Crippen LogP contribution in [0.1, 0.15) is 96.5 Å². The van der Waals surface area contributed by atoms with E-state index in [1.54, 1.807) is 6.07 Å². The Morgan fingerprint density at radius 3 is 1.62 bits per heavy atom. The lowest BCUT2D eigenvalue weighted by Gasteiger charge is -2.17. The molecule has 0 aliphatic carbocycles. The quantitative estimate of drug-likeness (QED) is 0.146. The fourth-order valence-electron chi connectivity index (χ4n) is 4.90. The van der Waals surface area contributed by atoms with Crippen molar-refractivity contribution in [3.63, 3.8) is 0 Å². The SMILES string of the molecule is CCCCCCCCOc1ccc(-c2ccccc2-c2ccc(OCCCCCCCC)c(C(F)(F)F)c2)cc1. The topological polar surface area (TPSA) is 18.5 Å². The highest BCUT2D eigenvalue weighted by atomic mass is 19.4. The van der Waals surface area contributed by atoms with Crippen LogP contribution >= 0.6 is 0 Å². The van der Waals surface area contributed by atoms with Gasteiger partial charge in [-0.2, -0.15) is 13.2 Å². The minimum absolute atomic E-state index is 0.103. The number of unbranched alkanes of at least 4 members (excludes halogenated alkanes) is 10. The van der Waals surface area contributed by atoms with Crippen LogP contribution in [0.4, 0.5) is 13.2 Å². The van der Waals surface area contributed by atoms with Crippen LogP contribution < -0.4 is 9.47 Å². The first kappa shape index (κ1) is 31.6. The van der Waals surface area contributed by atoms with Gasteiger partial charge in [0.25, 0.3) is 0 Å². The van der Waals surface area contributed by atoms with Crippen molar-refractivity contribution in [2.45, 2.75) is 97.1 Å². The Morgan fingerprint density at radius 1 is 0.550 bits per heavy atom. The lowest BCUT2D eigenvalue weighted by atomic mass is 9.93. The first-order valence-corrected chi connectivity index (χ1v) is 15.1. The second kappa shape index (κ2) is 17.0. The van der Waals surface area contributed by atoms with E-state index < -0.39 is 11.7 Å². The Hall–Kier alpha value is -2.95. The van der Waals surface area contributed by atoms with Crippen LogP contribution in [-0.2, 0) is 6.18 Å². The molecule has 2 nitrogen and oxygen atoms in total. The molecule has 0 N–H and O–H groups in total. The molecule has 0 radical (unpaired) electrons. The van der Waals surface area contributed by atoms with Crippen molar-refractivity contribution in [2.75, 3.05) is 13.2 Å². The highest BCUT2D eigenvalue weighted by molar-refractivity contribution is 5.84. The zero-order valence-corrected chi connectivity index (χ0v) is 24.2. The average Bonchev–Trinajstić information content (AvgIpc) is 2.96. The first-order chi connectivity index (χ1) is 19.4. The van der Waals surface area contributed by atoms with Crippen molar-refractivity contribution < 1.29 is 22.6 Å². The highest BCUT2D eigenvalue weighted by Gasteiger charge is 2.35. The van der Waals surface area contributed by atoms with Gasteiger partial charge in [-0.25, -0.2) is 0 Å². The number of halogens is 3. The molecule has 0 aliphatic heterocycles. The van der Waals surface area contributed by atoms with Crippen molar-refractivity contribution in [1.29, 1.82) is 0 Å². The van der Waals surface area contributed by atoms with E-state index in [9.17, 15) is 13.2 Å². The summed E-state index contributed by atoms with van der Waals surface area (Å²) in [4.78, 5) is 0. The van der Waals surface area contributed by atoms with Crippen LogP contribution in [0.5, 0.6) is 11.5 Å². The number of alkyl halides is 3. The molecule has 0 amide bonds. The maximum Gasteiger partial charge on any atom is 0.419 e. The van der Waals surface area contributed by atoms with E-state index in [-0.39, 0.29) is 5.75 Å². The Bertz CT molecular complexity index is 1120. The molecule has 3 aromatic rings. The number of hydrogen-bond donors (Lipinski definition) is 0. The molecule has 218 valence electrons. The van der Waals surface area contributed by atoms with E-state index in [1.165, 1.54) is 57.1 Å². The largest absolute Gasteiger partial charge is 0.494 e. The van der Waals surface area contributed by atoms with Crippen LogP contribution in [0, 0.1) is 0 Å². The fraction of sp³-hybridized carbons (Fsp3) is 0.486. The summed E-state index contributed by atoms with van der Waals surface area (Å²) >= 11 is 0. The van der Waals surface area contributed by atoms with Crippen molar-refractivity contribution >= 4 is 0 Å². The van der Waals surface area contributed by atoms with Gasteiger partial charge in [-0.1, -0.05) is 121 Å². The summed E-state index contributed by atoms with van der Waals surface area (Å²) in [6, 6.07) is 19.8. The van der Waals surface area contributed by atoms with Gasteiger partial charge in [-0.15, -0.1) is 0 Å². The third kappa shape index (κ3) is 10.2. The smallest absolute Gasteiger partial charge is 0.419 e. The minimum atomic E-state index is -4.50. The predicted octanol–water partition coefficient (Wildman–Crippen LogP) is 11.5. The molecule has 0 aromatic heterocycles. The summed E-state index contributed by atoms with van der Waals surface area (Å²) in [5.74, 6) is 0.704. The normalized spacial score (nSPS) is 11.5. The Morgan fingerprint density at radius 2 is 1.05 bits per heavy atom. The summed E-state index contributed by atoms with van der Waals surface area (Å²) in [6.45, 7) is 5.36. The van der Waals surface area contributed by atoms with Crippen LogP contribution in [-0.4, -0.2) is 13.2 Å². The molecule has 0 bridgehead atoms. The van der Waals surface area contributed by atoms with Gasteiger partial charge in [0.05, 0.1) is 18.8 Å². The summed E-state index contributed by atoms with van der Waals surface area (Å²) in [7, 11) is 0. The van der Waals surface area contributed by atoms with E-state index in [0.29, 0.717) is 18.8 Å². The molecule has 0 aliphatic rings. The molecule has 3 rings (SSSR count). The van der Waals surface area contributed by atoms with Crippen molar-refractivity contribution in [3.8, 4) is 33.8 Å². The summed E-state index contributed by atoms with van der Waals surface area (Å²) in [5.41, 5.74) is 2.33. The van der Waals surface area contributed by atoms with Crippen LogP contribution in [0.3, 0.4) is 0 Å². The Balaban J connectivity index is 1.68. The van der Waals surface area contributed by atoms with Gasteiger partial charge in [0.2, 0.25) is 0 Å². The van der Waals surface area contributed by atoms with Gasteiger partial charge < -0.3 is 9.47 Å². The molecular weight excluding hydrogens is 509 g/mol. The maximum atomic E-state index is 14.0. The summed E-state index contributed by atoms with van der Waals surface area (Å²) in [6.07, 6.45) is 9.10. The Labute approximate surface area is 238 Å². The molecule has 0 atom stereocenters. The lowest BCUT2D eigenvalue weighted by molar-refractivity contribution is -0.138. The van der Waals surface area contributed by atoms with Crippen LogP contribution in [0.25, 0.3) is 22.3 Å². The fourth-order valence-corrected chi connectivity index (χ4v) is 4.90.